The number of aliphatic hydroxyl groups excluding tert-OH is 1. The SMILES string of the molecule is O=c1ccnc(Sc2ncc(CO)cn2)[nH]1. The fourth-order valence-corrected chi connectivity index (χ4v) is 1.62. The summed E-state index contributed by atoms with van der Waals surface area (Å²) in [5, 5.41) is 9.71. The van der Waals surface area contributed by atoms with E-state index in [0.29, 0.717) is 15.9 Å². The van der Waals surface area contributed by atoms with Crippen LogP contribution in [0.25, 0.3) is 0 Å². The largest absolute Gasteiger partial charge is 0.392 e. The molecule has 0 aliphatic rings. The number of rotatable bonds is 3. The van der Waals surface area contributed by atoms with Crippen molar-refractivity contribution in [3.63, 3.8) is 0 Å². The van der Waals surface area contributed by atoms with Gasteiger partial charge in [-0.05, 0) is 11.8 Å². The predicted molar refractivity (Wildman–Crippen MR) is 56.9 cm³/mol. The summed E-state index contributed by atoms with van der Waals surface area (Å²) in [6, 6.07) is 1.33. The molecule has 0 aromatic carbocycles. The molecule has 0 atom stereocenters. The number of hydrogen-bond acceptors (Lipinski definition) is 6. The summed E-state index contributed by atoms with van der Waals surface area (Å²) in [6.07, 6.45) is 4.47. The van der Waals surface area contributed by atoms with Crippen molar-refractivity contribution in [1.82, 2.24) is 19.9 Å². The fraction of sp³-hybridized carbons (Fsp3) is 0.111. The first-order chi connectivity index (χ1) is 7.78. The van der Waals surface area contributed by atoms with Crippen LogP contribution in [-0.2, 0) is 6.61 Å². The van der Waals surface area contributed by atoms with Crippen molar-refractivity contribution in [3.05, 3.63) is 40.6 Å². The van der Waals surface area contributed by atoms with Crippen LogP contribution in [0.1, 0.15) is 5.56 Å². The molecule has 0 unspecified atom stereocenters. The van der Waals surface area contributed by atoms with Gasteiger partial charge in [0.1, 0.15) is 0 Å². The van der Waals surface area contributed by atoms with Gasteiger partial charge < -0.3 is 10.1 Å². The van der Waals surface area contributed by atoms with E-state index in [0.717, 1.165) is 11.8 Å². The van der Waals surface area contributed by atoms with E-state index >= 15 is 0 Å². The zero-order chi connectivity index (χ0) is 11.4. The van der Waals surface area contributed by atoms with Crippen LogP contribution in [0, 0.1) is 0 Å². The van der Waals surface area contributed by atoms with Crippen LogP contribution in [0.5, 0.6) is 0 Å². The molecule has 2 aromatic heterocycles. The van der Waals surface area contributed by atoms with Crippen LogP contribution >= 0.6 is 11.8 Å². The predicted octanol–water partition coefficient (Wildman–Crippen LogP) is 0.203. The molecule has 0 aliphatic heterocycles. The topological polar surface area (TPSA) is 91.8 Å². The monoisotopic (exact) mass is 236 g/mol. The lowest BCUT2D eigenvalue weighted by Crippen LogP contribution is -2.05. The number of nitrogens with zero attached hydrogens (tertiary/aromatic N) is 3. The van der Waals surface area contributed by atoms with Crippen molar-refractivity contribution in [2.24, 2.45) is 0 Å². The first-order valence-electron chi connectivity index (χ1n) is 4.43. The molecule has 0 bridgehead atoms. The summed E-state index contributed by atoms with van der Waals surface area (Å²) >= 11 is 1.15. The van der Waals surface area contributed by atoms with Crippen LogP contribution in [0.15, 0.2) is 39.8 Å². The lowest BCUT2D eigenvalue weighted by Gasteiger charge is -1.99. The minimum Gasteiger partial charge on any atom is -0.392 e. The maximum absolute atomic E-state index is 11.0. The minimum absolute atomic E-state index is 0.0919. The van der Waals surface area contributed by atoms with Crippen molar-refractivity contribution in [3.8, 4) is 0 Å². The highest BCUT2D eigenvalue weighted by molar-refractivity contribution is 7.99. The summed E-state index contributed by atoms with van der Waals surface area (Å²) in [5.74, 6) is 0. The highest BCUT2D eigenvalue weighted by atomic mass is 32.2. The Hall–Kier alpha value is -1.73. The van der Waals surface area contributed by atoms with Gasteiger partial charge >= 0.3 is 0 Å². The van der Waals surface area contributed by atoms with Gasteiger partial charge in [-0.1, -0.05) is 0 Å². The summed E-state index contributed by atoms with van der Waals surface area (Å²) in [4.78, 5) is 25.5. The average Bonchev–Trinajstić information content (AvgIpc) is 2.30. The number of H-pyrrole nitrogens is 1. The van der Waals surface area contributed by atoms with Gasteiger partial charge in [0.25, 0.3) is 5.56 Å². The van der Waals surface area contributed by atoms with E-state index in [9.17, 15) is 4.79 Å². The van der Waals surface area contributed by atoms with Crippen LogP contribution < -0.4 is 5.56 Å². The summed E-state index contributed by atoms with van der Waals surface area (Å²) in [7, 11) is 0. The number of aromatic nitrogens is 4. The van der Waals surface area contributed by atoms with Gasteiger partial charge in [0.2, 0.25) is 0 Å². The average molecular weight is 236 g/mol. The van der Waals surface area contributed by atoms with Crippen molar-refractivity contribution in [1.29, 1.82) is 0 Å². The number of aromatic amines is 1. The first kappa shape index (κ1) is 10.8. The van der Waals surface area contributed by atoms with Crippen LogP contribution in [0.3, 0.4) is 0 Å². The fourth-order valence-electron chi connectivity index (χ4n) is 0.968. The van der Waals surface area contributed by atoms with Crippen molar-refractivity contribution in [2.75, 3.05) is 0 Å². The number of hydrogen-bond donors (Lipinski definition) is 2. The van der Waals surface area contributed by atoms with Crippen LogP contribution in [0.2, 0.25) is 0 Å². The molecule has 2 heterocycles. The molecule has 2 rings (SSSR count). The molecule has 82 valence electrons. The molecular weight excluding hydrogens is 228 g/mol. The van der Waals surface area contributed by atoms with E-state index in [2.05, 4.69) is 19.9 Å². The van der Waals surface area contributed by atoms with E-state index in [1.807, 2.05) is 0 Å². The molecule has 0 fully saturated rings. The second-order valence-corrected chi connectivity index (χ2v) is 3.83. The maximum atomic E-state index is 11.0. The Labute approximate surface area is 94.8 Å². The quantitative estimate of drug-likeness (QED) is 0.740. The van der Waals surface area contributed by atoms with E-state index in [4.69, 9.17) is 5.11 Å². The molecule has 0 radical (unpaired) electrons. The van der Waals surface area contributed by atoms with Crippen molar-refractivity contribution >= 4 is 11.8 Å². The zero-order valence-electron chi connectivity index (χ0n) is 8.12. The zero-order valence-corrected chi connectivity index (χ0v) is 8.94. The molecule has 2 aromatic rings. The highest BCUT2D eigenvalue weighted by Crippen LogP contribution is 2.18. The van der Waals surface area contributed by atoms with Gasteiger partial charge in [-0.15, -0.1) is 0 Å². The van der Waals surface area contributed by atoms with Gasteiger partial charge in [0, 0.05) is 30.2 Å². The third-order valence-corrected chi connectivity index (χ3v) is 2.49. The molecule has 0 amide bonds. The lowest BCUT2D eigenvalue weighted by atomic mass is 10.4. The second-order valence-electron chi connectivity index (χ2n) is 2.87. The normalized spacial score (nSPS) is 10.3. The third kappa shape index (κ3) is 2.65. The summed E-state index contributed by atoms with van der Waals surface area (Å²) in [6.45, 7) is -0.0919. The molecule has 2 N–H and O–H groups in total. The smallest absolute Gasteiger partial charge is 0.251 e. The standard InChI is InChI=1S/C9H8N4O2S/c14-5-6-3-11-8(12-4-6)16-9-10-2-1-7(15)13-9/h1-4,14H,5H2,(H,10,13,15). The second kappa shape index (κ2) is 4.86. The molecule has 7 heteroatoms. The van der Waals surface area contributed by atoms with Crippen LogP contribution in [-0.4, -0.2) is 25.0 Å². The maximum Gasteiger partial charge on any atom is 0.251 e. The van der Waals surface area contributed by atoms with Gasteiger partial charge in [0.15, 0.2) is 10.3 Å². The third-order valence-electron chi connectivity index (χ3n) is 1.70. The van der Waals surface area contributed by atoms with Gasteiger partial charge in [0.05, 0.1) is 6.61 Å². The van der Waals surface area contributed by atoms with Gasteiger partial charge in [-0.2, -0.15) is 0 Å². The molecule has 0 spiro atoms. The van der Waals surface area contributed by atoms with Crippen LogP contribution in [0.4, 0.5) is 0 Å². The highest BCUT2D eigenvalue weighted by Gasteiger charge is 2.02. The molecule has 16 heavy (non-hydrogen) atoms. The molecule has 0 saturated heterocycles. The Morgan fingerprint density at radius 1 is 1.31 bits per heavy atom. The number of nitrogens with one attached hydrogen (secondary N) is 1. The van der Waals surface area contributed by atoms with Crippen molar-refractivity contribution in [2.45, 2.75) is 16.9 Å². The Morgan fingerprint density at radius 2 is 2.06 bits per heavy atom. The molecule has 6 nitrogen and oxygen atoms in total. The summed E-state index contributed by atoms with van der Waals surface area (Å²) < 4.78 is 0. The number of aliphatic hydroxyl groups is 1. The Kier molecular flexibility index (Phi) is 3.28. The molecule has 0 saturated carbocycles. The first-order valence-corrected chi connectivity index (χ1v) is 5.24. The lowest BCUT2D eigenvalue weighted by molar-refractivity contribution is 0.280. The Morgan fingerprint density at radius 3 is 2.69 bits per heavy atom. The Bertz CT molecular complexity index is 526. The van der Waals surface area contributed by atoms with Gasteiger partial charge in [-0.3, -0.25) is 4.79 Å². The van der Waals surface area contributed by atoms with Crippen molar-refractivity contribution < 1.29 is 5.11 Å². The summed E-state index contributed by atoms with van der Waals surface area (Å²) in [5.41, 5.74) is 0.420. The van der Waals surface area contributed by atoms with E-state index in [-0.39, 0.29) is 12.2 Å². The molecule has 0 aliphatic carbocycles. The van der Waals surface area contributed by atoms with E-state index < -0.39 is 0 Å². The minimum atomic E-state index is -0.218. The van der Waals surface area contributed by atoms with E-state index in [1.54, 1.807) is 0 Å². The van der Waals surface area contributed by atoms with E-state index in [1.165, 1.54) is 24.7 Å². The Balaban J connectivity index is 2.17. The van der Waals surface area contributed by atoms with Gasteiger partial charge in [-0.25, -0.2) is 15.0 Å². The molecular formula is C9H8N4O2S.